The van der Waals surface area contributed by atoms with E-state index in [1.165, 1.54) is 26.5 Å². The molecule has 4 aromatic rings. The number of pyridine rings is 1. The fourth-order valence-electron chi connectivity index (χ4n) is 3.77. The third-order valence-corrected chi connectivity index (χ3v) is 5.83. The van der Waals surface area contributed by atoms with Crippen LogP contribution in [0, 0.1) is 6.92 Å². The molecule has 0 saturated heterocycles. The van der Waals surface area contributed by atoms with E-state index in [9.17, 15) is 14.4 Å². The summed E-state index contributed by atoms with van der Waals surface area (Å²) in [5.41, 5.74) is 1.84. The number of ketones is 1. The summed E-state index contributed by atoms with van der Waals surface area (Å²) in [6, 6.07) is 16.8. The highest BCUT2D eigenvalue weighted by Gasteiger charge is 2.19. The van der Waals surface area contributed by atoms with Gasteiger partial charge in [0.05, 0.1) is 31.0 Å². The zero-order chi connectivity index (χ0) is 25.1. The lowest BCUT2D eigenvalue weighted by atomic mass is 10.0. The van der Waals surface area contributed by atoms with Crippen LogP contribution in [0.1, 0.15) is 21.5 Å². The maximum Gasteiger partial charge on any atom is 0.244 e. The van der Waals surface area contributed by atoms with Crippen LogP contribution in [0.4, 0.5) is 5.69 Å². The molecule has 0 aliphatic carbocycles. The number of aromatic nitrogens is 1. The number of carbonyl (C=O) groups is 2. The second-order valence-electron chi connectivity index (χ2n) is 7.97. The maximum atomic E-state index is 13.2. The summed E-state index contributed by atoms with van der Waals surface area (Å²) in [4.78, 5) is 39.4. The highest BCUT2D eigenvalue weighted by molar-refractivity contribution is 6.31. The number of benzene rings is 3. The largest absolute Gasteiger partial charge is 0.497 e. The fourth-order valence-corrected chi connectivity index (χ4v) is 3.94. The smallest absolute Gasteiger partial charge is 0.244 e. The molecule has 0 atom stereocenters. The van der Waals surface area contributed by atoms with Crippen molar-refractivity contribution in [3.8, 4) is 11.5 Å². The van der Waals surface area contributed by atoms with Crippen molar-refractivity contribution in [2.75, 3.05) is 19.5 Å². The van der Waals surface area contributed by atoms with E-state index in [1.54, 1.807) is 59.2 Å². The fraction of sp³-hybridized carbons (Fsp3) is 0.148. The van der Waals surface area contributed by atoms with Crippen molar-refractivity contribution in [3.05, 3.63) is 98.8 Å². The van der Waals surface area contributed by atoms with E-state index in [2.05, 4.69) is 5.32 Å². The maximum absolute atomic E-state index is 13.2. The number of ether oxygens (including phenoxy) is 2. The van der Waals surface area contributed by atoms with Gasteiger partial charge in [-0.2, -0.15) is 0 Å². The molecule has 0 radical (unpaired) electrons. The standard InChI is InChI=1S/C27H23ClN2O5/c1-16-4-6-17(7-5-16)26(32)21-14-30(23-11-8-18(28)12-20(23)27(21)33)15-25(31)29-22-10-9-19(34-2)13-24(22)35-3/h4-14H,15H2,1-3H3,(H,29,31). The highest BCUT2D eigenvalue weighted by Crippen LogP contribution is 2.29. The Balaban J connectivity index is 1.73. The van der Waals surface area contributed by atoms with Gasteiger partial charge in [-0.3, -0.25) is 14.4 Å². The average Bonchev–Trinajstić information content (AvgIpc) is 2.86. The Morgan fingerprint density at radius 3 is 2.40 bits per heavy atom. The molecule has 0 aliphatic heterocycles. The summed E-state index contributed by atoms with van der Waals surface area (Å²) in [6.07, 6.45) is 1.42. The molecule has 0 unspecified atom stereocenters. The van der Waals surface area contributed by atoms with Gasteiger partial charge in [0.2, 0.25) is 11.3 Å². The van der Waals surface area contributed by atoms with Crippen molar-refractivity contribution < 1.29 is 19.1 Å². The molecule has 35 heavy (non-hydrogen) atoms. The van der Waals surface area contributed by atoms with Gasteiger partial charge in [-0.05, 0) is 37.3 Å². The van der Waals surface area contributed by atoms with Crippen molar-refractivity contribution in [2.24, 2.45) is 0 Å². The lowest BCUT2D eigenvalue weighted by Gasteiger charge is -2.15. The Labute approximate surface area is 206 Å². The van der Waals surface area contributed by atoms with Gasteiger partial charge in [0, 0.05) is 28.2 Å². The first-order chi connectivity index (χ1) is 16.8. The van der Waals surface area contributed by atoms with E-state index in [0.29, 0.717) is 33.3 Å². The van der Waals surface area contributed by atoms with Crippen LogP contribution >= 0.6 is 11.6 Å². The van der Waals surface area contributed by atoms with Crippen LogP contribution < -0.4 is 20.2 Å². The van der Waals surface area contributed by atoms with Gasteiger partial charge in [-0.25, -0.2) is 0 Å². The lowest BCUT2D eigenvalue weighted by molar-refractivity contribution is -0.116. The molecule has 1 aromatic heterocycles. The lowest BCUT2D eigenvalue weighted by Crippen LogP contribution is -2.24. The predicted molar refractivity (Wildman–Crippen MR) is 136 cm³/mol. The first kappa shape index (κ1) is 24.0. The van der Waals surface area contributed by atoms with Crippen LogP contribution in [0.15, 0.2) is 71.7 Å². The molecule has 0 bridgehead atoms. The average molecular weight is 491 g/mol. The molecule has 3 aromatic carbocycles. The number of rotatable bonds is 7. The van der Waals surface area contributed by atoms with Crippen molar-refractivity contribution in [2.45, 2.75) is 13.5 Å². The minimum Gasteiger partial charge on any atom is -0.497 e. The number of fused-ring (bicyclic) bond motifs is 1. The topological polar surface area (TPSA) is 86.6 Å². The molecular formula is C27H23ClN2O5. The van der Waals surface area contributed by atoms with E-state index in [4.69, 9.17) is 21.1 Å². The van der Waals surface area contributed by atoms with Crippen LogP contribution in [-0.4, -0.2) is 30.5 Å². The van der Waals surface area contributed by atoms with Gasteiger partial charge in [0.15, 0.2) is 5.78 Å². The Morgan fingerprint density at radius 2 is 1.71 bits per heavy atom. The Bertz CT molecular complexity index is 1490. The number of anilines is 1. The van der Waals surface area contributed by atoms with Gasteiger partial charge >= 0.3 is 0 Å². The monoisotopic (exact) mass is 490 g/mol. The zero-order valence-electron chi connectivity index (χ0n) is 19.4. The van der Waals surface area contributed by atoms with Gasteiger partial charge in [-0.1, -0.05) is 41.4 Å². The van der Waals surface area contributed by atoms with Crippen molar-refractivity contribution in [3.63, 3.8) is 0 Å². The molecule has 4 rings (SSSR count). The molecule has 8 heteroatoms. The van der Waals surface area contributed by atoms with Gasteiger partial charge in [-0.15, -0.1) is 0 Å². The van der Waals surface area contributed by atoms with E-state index in [0.717, 1.165) is 5.56 Å². The number of nitrogens with one attached hydrogen (secondary N) is 1. The summed E-state index contributed by atoms with van der Waals surface area (Å²) in [5, 5.41) is 3.42. The molecule has 0 fully saturated rings. The Kier molecular flexibility index (Phi) is 6.89. The number of hydrogen-bond acceptors (Lipinski definition) is 5. The van der Waals surface area contributed by atoms with Crippen LogP contribution in [-0.2, 0) is 11.3 Å². The second kappa shape index (κ2) is 10.0. The predicted octanol–water partition coefficient (Wildman–Crippen LogP) is 4.85. The van der Waals surface area contributed by atoms with Crippen LogP contribution in [0.25, 0.3) is 10.9 Å². The number of nitrogens with zero attached hydrogens (tertiary/aromatic N) is 1. The molecule has 1 N–H and O–H groups in total. The number of amides is 1. The summed E-state index contributed by atoms with van der Waals surface area (Å²) in [6.45, 7) is 1.76. The molecule has 1 heterocycles. The summed E-state index contributed by atoms with van der Waals surface area (Å²) in [5.74, 6) is 0.219. The van der Waals surface area contributed by atoms with Crippen molar-refractivity contribution in [1.29, 1.82) is 0 Å². The van der Waals surface area contributed by atoms with E-state index < -0.39 is 11.2 Å². The molecule has 0 spiro atoms. The normalized spacial score (nSPS) is 10.7. The van der Waals surface area contributed by atoms with Crippen LogP contribution in [0.3, 0.4) is 0 Å². The summed E-state index contributed by atoms with van der Waals surface area (Å²) < 4.78 is 12.1. The second-order valence-corrected chi connectivity index (χ2v) is 8.41. The molecule has 0 aliphatic rings. The van der Waals surface area contributed by atoms with Gasteiger partial charge in [0.1, 0.15) is 18.0 Å². The van der Waals surface area contributed by atoms with E-state index in [-0.39, 0.29) is 23.4 Å². The third-order valence-electron chi connectivity index (χ3n) is 5.60. The van der Waals surface area contributed by atoms with Crippen molar-refractivity contribution in [1.82, 2.24) is 4.57 Å². The van der Waals surface area contributed by atoms with Crippen molar-refractivity contribution >= 4 is 39.9 Å². The first-order valence-corrected chi connectivity index (χ1v) is 11.1. The number of carbonyl (C=O) groups excluding carboxylic acids is 2. The minimum absolute atomic E-state index is 0.0431. The number of halogens is 1. The SMILES string of the molecule is COc1ccc(NC(=O)Cn2cc(C(=O)c3ccc(C)cc3)c(=O)c3cc(Cl)ccc32)c(OC)c1. The molecule has 178 valence electrons. The Morgan fingerprint density at radius 1 is 0.971 bits per heavy atom. The first-order valence-electron chi connectivity index (χ1n) is 10.8. The highest BCUT2D eigenvalue weighted by atomic mass is 35.5. The van der Waals surface area contributed by atoms with Crippen LogP contribution in [0.5, 0.6) is 11.5 Å². The third kappa shape index (κ3) is 5.05. The summed E-state index contributed by atoms with van der Waals surface area (Å²) in [7, 11) is 3.03. The molecule has 0 saturated carbocycles. The van der Waals surface area contributed by atoms with E-state index in [1.807, 2.05) is 6.92 Å². The number of hydrogen-bond donors (Lipinski definition) is 1. The van der Waals surface area contributed by atoms with Gasteiger partial charge < -0.3 is 19.4 Å². The van der Waals surface area contributed by atoms with E-state index >= 15 is 0 Å². The van der Waals surface area contributed by atoms with Gasteiger partial charge in [0.25, 0.3) is 0 Å². The number of aryl methyl sites for hydroxylation is 1. The molecule has 7 nitrogen and oxygen atoms in total. The number of methoxy groups -OCH3 is 2. The molecular weight excluding hydrogens is 468 g/mol. The summed E-state index contributed by atoms with van der Waals surface area (Å²) >= 11 is 6.14. The zero-order valence-corrected chi connectivity index (χ0v) is 20.2. The van der Waals surface area contributed by atoms with Crippen LogP contribution in [0.2, 0.25) is 5.02 Å². The quantitative estimate of drug-likeness (QED) is 0.374. The minimum atomic E-state index is -0.443. The Hall–Kier alpha value is -4.10. The molecule has 1 amide bonds.